The minimum atomic E-state index is 0.747. The number of anilines is 1. The summed E-state index contributed by atoms with van der Waals surface area (Å²) in [4.78, 5) is 15.9. The number of fused-ring (bicyclic) bond motifs is 1. The van der Waals surface area contributed by atoms with Gasteiger partial charge in [-0.15, -0.1) is 0 Å². The zero-order chi connectivity index (χ0) is 19.8. The van der Waals surface area contributed by atoms with E-state index in [2.05, 4.69) is 28.1 Å². The lowest BCUT2D eigenvalue weighted by Crippen LogP contribution is -2.36. The molecule has 0 amide bonds. The first-order valence-electron chi connectivity index (χ1n) is 9.77. The number of aromatic nitrogens is 5. The van der Waals surface area contributed by atoms with Gasteiger partial charge in [-0.05, 0) is 49.7 Å². The molecule has 0 saturated carbocycles. The maximum atomic E-state index is 5.43. The molecule has 7 heteroatoms. The first-order valence-corrected chi connectivity index (χ1v) is 9.77. The number of aryl methyl sites for hydroxylation is 2. The van der Waals surface area contributed by atoms with Gasteiger partial charge in [-0.2, -0.15) is 5.10 Å². The quantitative estimate of drug-likeness (QED) is 0.538. The van der Waals surface area contributed by atoms with Gasteiger partial charge in [-0.1, -0.05) is 0 Å². The highest BCUT2D eigenvalue weighted by Gasteiger charge is 2.18. The monoisotopic (exact) mass is 386 g/mol. The van der Waals surface area contributed by atoms with Gasteiger partial charge in [-0.3, -0.25) is 4.98 Å². The molecule has 1 saturated heterocycles. The lowest BCUT2D eigenvalue weighted by Gasteiger charge is -2.27. The fourth-order valence-corrected chi connectivity index (χ4v) is 3.83. The summed E-state index contributed by atoms with van der Waals surface area (Å²) in [5, 5.41) is 4.76. The smallest absolute Gasteiger partial charge is 0.162 e. The Bertz CT molecular complexity index is 1150. The molecule has 4 aromatic heterocycles. The molecule has 1 aliphatic rings. The van der Waals surface area contributed by atoms with Crippen molar-refractivity contribution in [1.29, 1.82) is 0 Å². The summed E-state index contributed by atoms with van der Waals surface area (Å²) < 4.78 is 7.37. The molecule has 0 spiro atoms. The van der Waals surface area contributed by atoms with E-state index in [4.69, 9.17) is 19.8 Å². The Labute approximate surface area is 169 Å². The van der Waals surface area contributed by atoms with Crippen LogP contribution in [0.3, 0.4) is 0 Å². The Balaban J connectivity index is 1.60. The van der Waals surface area contributed by atoms with Crippen LogP contribution in [-0.2, 0) is 4.74 Å². The van der Waals surface area contributed by atoms with Gasteiger partial charge < -0.3 is 9.64 Å². The predicted molar refractivity (Wildman–Crippen MR) is 112 cm³/mol. The molecule has 4 aromatic rings. The van der Waals surface area contributed by atoms with Crippen LogP contribution in [0.4, 0.5) is 5.82 Å². The third-order valence-corrected chi connectivity index (χ3v) is 5.23. The average molecular weight is 386 g/mol. The number of rotatable bonds is 3. The summed E-state index contributed by atoms with van der Waals surface area (Å²) >= 11 is 0. The highest BCUT2D eigenvalue weighted by molar-refractivity contribution is 5.80. The van der Waals surface area contributed by atoms with Crippen molar-refractivity contribution in [1.82, 2.24) is 24.6 Å². The zero-order valence-electron chi connectivity index (χ0n) is 16.5. The third kappa shape index (κ3) is 3.23. The number of imidazole rings is 1. The number of pyridine rings is 2. The number of nitrogens with zero attached hydrogens (tertiary/aromatic N) is 6. The van der Waals surface area contributed by atoms with E-state index in [1.54, 1.807) is 12.4 Å². The van der Waals surface area contributed by atoms with E-state index < -0.39 is 0 Å². The second-order valence-electron chi connectivity index (χ2n) is 7.22. The Morgan fingerprint density at radius 2 is 1.76 bits per heavy atom. The van der Waals surface area contributed by atoms with Gasteiger partial charge >= 0.3 is 0 Å². The molecule has 0 aliphatic carbocycles. The Kier molecular flexibility index (Phi) is 4.44. The van der Waals surface area contributed by atoms with Crippen molar-refractivity contribution in [2.45, 2.75) is 13.8 Å². The molecule has 0 bridgehead atoms. The Morgan fingerprint density at radius 3 is 2.48 bits per heavy atom. The number of hydrogen-bond acceptors (Lipinski definition) is 6. The van der Waals surface area contributed by atoms with Crippen LogP contribution in [0.5, 0.6) is 0 Å². The van der Waals surface area contributed by atoms with E-state index >= 15 is 0 Å². The highest BCUT2D eigenvalue weighted by atomic mass is 16.5. The summed E-state index contributed by atoms with van der Waals surface area (Å²) in [5.74, 6) is 0.977. The molecule has 146 valence electrons. The SMILES string of the molecule is Cc1cc(-c2ccncc2)c2nc(C)c(-c3ccc(N4CCOCC4)nc3)n2n1. The predicted octanol–water partition coefficient (Wildman–Crippen LogP) is 3.31. The van der Waals surface area contributed by atoms with E-state index in [-0.39, 0.29) is 0 Å². The van der Waals surface area contributed by atoms with E-state index in [1.807, 2.05) is 36.7 Å². The average Bonchev–Trinajstić information content (AvgIpc) is 3.10. The maximum Gasteiger partial charge on any atom is 0.162 e. The lowest BCUT2D eigenvalue weighted by atomic mass is 10.1. The molecular formula is C22H22N6O. The van der Waals surface area contributed by atoms with Crippen LogP contribution < -0.4 is 4.90 Å². The second-order valence-corrected chi connectivity index (χ2v) is 7.22. The molecule has 5 heterocycles. The number of morpholine rings is 1. The van der Waals surface area contributed by atoms with Crippen molar-refractivity contribution < 1.29 is 4.74 Å². The van der Waals surface area contributed by atoms with E-state index in [9.17, 15) is 0 Å². The minimum Gasteiger partial charge on any atom is -0.378 e. The Hall–Kier alpha value is -3.32. The molecule has 29 heavy (non-hydrogen) atoms. The highest BCUT2D eigenvalue weighted by Crippen LogP contribution is 2.30. The molecule has 1 aliphatic heterocycles. The van der Waals surface area contributed by atoms with Crippen molar-refractivity contribution in [3.63, 3.8) is 0 Å². The molecule has 0 unspecified atom stereocenters. The summed E-state index contributed by atoms with van der Waals surface area (Å²) in [6, 6.07) is 10.2. The number of hydrogen-bond donors (Lipinski definition) is 0. The summed E-state index contributed by atoms with van der Waals surface area (Å²) in [6.07, 6.45) is 5.51. The van der Waals surface area contributed by atoms with E-state index in [0.717, 1.165) is 71.5 Å². The van der Waals surface area contributed by atoms with Crippen LogP contribution >= 0.6 is 0 Å². The summed E-state index contributed by atoms with van der Waals surface area (Å²) in [5.41, 5.74) is 6.80. The largest absolute Gasteiger partial charge is 0.378 e. The van der Waals surface area contributed by atoms with Crippen LogP contribution in [0, 0.1) is 13.8 Å². The number of ether oxygens (including phenoxy) is 1. The van der Waals surface area contributed by atoms with Crippen LogP contribution in [0.15, 0.2) is 48.9 Å². The molecule has 0 radical (unpaired) electrons. The second kappa shape index (κ2) is 7.25. The van der Waals surface area contributed by atoms with Crippen molar-refractivity contribution in [2.75, 3.05) is 31.2 Å². The first kappa shape index (κ1) is 17.8. The van der Waals surface area contributed by atoms with Gasteiger partial charge in [0, 0.05) is 42.8 Å². The van der Waals surface area contributed by atoms with Gasteiger partial charge in [0.15, 0.2) is 5.65 Å². The minimum absolute atomic E-state index is 0.747. The van der Waals surface area contributed by atoms with Crippen LogP contribution in [0.2, 0.25) is 0 Å². The third-order valence-electron chi connectivity index (χ3n) is 5.23. The molecule has 0 atom stereocenters. The molecule has 7 nitrogen and oxygen atoms in total. The van der Waals surface area contributed by atoms with E-state index in [1.165, 1.54) is 0 Å². The zero-order valence-corrected chi connectivity index (χ0v) is 16.5. The molecule has 5 rings (SSSR count). The van der Waals surface area contributed by atoms with E-state index in [0.29, 0.717) is 0 Å². The standard InChI is InChI=1S/C22H22N6O/c1-15-13-19(17-5-7-23-8-6-17)22-25-16(2)21(28(22)26-15)18-3-4-20(24-14-18)27-9-11-29-12-10-27/h3-8,13-14H,9-12H2,1-2H3. The van der Waals surface area contributed by atoms with Crippen LogP contribution in [0.1, 0.15) is 11.4 Å². The topological polar surface area (TPSA) is 68.4 Å². The molecule has 1 fully saturated rings. The molecule has 0 aromatic carbocycles. The van der Waals surface area contributed by atoms with Gasteiger partial charge in [0.05, 0.1) is 30.3 Å². The van der Waals surface area contributed by atoms with Crippen molar-refractivity contribution in [3.8, 4) is 22.4 Å². The first-order chi connectivity index (χ1) is 14.2. The van der Waals surface area contributed by atoms with Gasteiger partial charge in [-0.25, -0.2) is 14.5 Å². The fraction of sp³-hybridized carbons (Fsp3) is 0.273. The van der Waals surface area contributed by atoms with Crippen molar-refractivity contribution in [3.05, 3.63) is 60.3 Å². The van der Waals surface area contributed by atoms with Gasteiger partial charge in [0.1, 0.15) is 5.82 Å². The summed E-state index contributed by atoms with van der Waals surface area (Å²) in [6.45, 7) is 7.26. The summed E-state index contributed by atoms with van der Waals surface area (Å²) in [7, 11) is 0. The van der Waals surface area contributed by atoms with Crippen molar-refractivity contribution in [2.24, 2.45) is 0 Å². The molecule has 0 N–H and O–H groups in total. The molecular weight excluding hydrogens is 364 g/mol. The van der Waals surface area contributed by atoms with Crippen LogP contribution in [0.25, 0.3) is 28.0 Å². The fourth-order valence-electron chi connectivity index (χ4n) is 3.83. The maximum absolute atomic E-state index is 5.43. The normalized spacial score (nSPS) is 14.5. The van der Waals surface area contributed by atoms with Gasteiger partial charge in [0.25, 0.3) is 0 Å². The lowest BCUT2D eigenvalue weighted by molar-refractivity contribution is 0.122. The Morgan fingerprint density at radius 1 is 0.966 bits per heavy atom. The van der Waals surface area contributed by atoms with Crippen molar-refractivity contribution >= 4 is 11.5 Å². The van der Waals surface area contributed by atoms with Gasteiger partial charge in [0.2, 0.25) is 0 Å². The van der Waals surface area contributed by atoms with Crippen LogP contribution in [-0.4, -0.2) is 50.9 Å².